The van der Waals surface area contributed by atoms with Gasteiger partial charge in [0.15, 0.2) is 5.78 Å². The van der Waals surface area contributed by atoms with Gasteiger partial charge in [-0.05, 0) is 43.5 Å². The predicted octanol–water partition coefficient (Wildman–Crippen LogP) is 4.94. The van der Waals surface area contributed by atoms with Gasteiger partial charge in [-0.3, -0.25) is 4.79 Å². The van der Waals surface area contributed by atoms with Gasteiger partial charge in [-0.25, -0.2) is 0 Å². The average Bonchev–Trinajstić information content (AvgIpc) is 2.46. The first kappa shape index (κ1) is 15.0. The molecule has 2 aromatic carbocycles. The van der Waals surface area contributed by atoms with E-state index in [2.05, 4.69) is 11.9 Å². The van der Waals surface area contributed by atoms with Crippen molar-refractivity contribution in [2.75, 3.05) is 12.4 Å². The van der Waals surface area contributed by atoms with E-state index < -0.39 is 0 Å². The molecule has 0 aliphatic carbocycles. The van der Waals surface area contributed by atoms with Crippen LogP contribution >= 0.6 is 0 Å². The van der Waals surface area contributed by atoms with Crippen LogP contribution in [0.3, 0.4) is 0 Å². The van der Waals surface area contributed by atoms with Gasteiger partial charge in [0.05, 0.1) is 5.69 Å². The third kappa shape index (κ3) is 2.75. The molecule has 0 radical (unpaired) electrons. The number of hydrogen-bond donors (Lipinski definition) is 1. The number of carbonyl (C=O) groups excluding carboxylic acids is 1. The molecular formula is C19H21NO. The Bertz CT molecular complexity index is 699. The van der Waals surface area contributed by atoms with Gasteiger partial charge in [-0.1, -0.05) is 36.9 Å². The molecule has 2 nitrogen and oxygen atoms in total. The van der Waals surface area contributed by atoms with Crippen molar-refractivity contribution in [1.82, 2.24) is 0 Å². The minimum Gasteiger partial charge on any atom is -0.387 e. The van der Waals surface area contributed by atoms with Gasteiger partial charge in [0.1, 0.15) is 0 Å². The highest BCUT2D eigenvalue weighted by Crippen LogP contribution is 2.39. The number of ketones is 1. The molecule has 0 heterocycles. The van der Waals surface area contributed by atoms with Crippen LogP contribution in [0.4, 0.5) is 5.69 Å². The second kappa shape index (κ2) is 5.96. The van der Waals surface area contributed by atoms with E-state index in [9.17, 15) is 4.79 Å². The maximum Gasteiger partial charge on any atom is 0.160 e. The smallest absolute Gasteiger partial charge is 0.160 e. The Labute approximate surface area is 126 Å². The Balaban J connectivity index is 2.91. The molecule has 0 unspecified atom stereocenters. The van der Waals surface area contributed by atoms with E-state index in [1.54, 1.807) is 6.92 Å². The molecule has 2 rings (SSSR count). The fourth-order valence-electron chi connectivity index (χ4n) is 2.80. The minimum atomic E-state index is 0.0710. The highest BCUT2D eigenvalue weighted by atomic mass is 16.1. The lowest BCUT2D eigenvalue weighted by Gasteiger charge is -2.20. The average molecular weight is 279 g/mol. The van der Waals surface area contributed by atoms with Crippen LogP contribution in [0.5, 0.6) is 0 Å². The van der Waals surface area contributed by atoms with Crippen LogP contribution in [0.25, 0.3) is 16.7 Å². The summed E-state index contributed by atoms with van der Waals surface area (Å²) in [6, 6.07) is 12.0. The van der Waals surface area contributed by atoms with Crippen LogP contribution < -0.4 is 5.32 Å². The SMILES string of the molecule is C=C(C)c1c(C)cc(C(C)=O)c(-c2ccccc2)c1NC. The van der Waals surface area contributed by atoms with Gasteiger partial charge in [0, 0.05) is 23.7 Å². The second-order valence-corrected chi connectivity index (χ2v) is 5.32. The van der Waals surface area contributed by atoms with Crippen molar-refractivity contribution in [3.8, 4) is 11.1 Å². The molecule has 0 bridgehead atoms. The largest absolute Gasteiger partial charge is 0.387 e. The zero-order valence-corrected chi connectivity index (χ0v) is 13.1. The first-order chi connectivity index (χ1) is 9.97. The minimum absolute atomic E-state index is 0.0710. The Morgan fingerprint density at radius 3 is 2.24 bits per heavy atom. The predicted molar refractivity (Wildman–Crippen MR) is 90.9 cm³/mol. The van der Waals surface area contributed by atoms with Crippen molar-refractivity contribution in [1.29, 1.82) is 0 Å². The number of allylic oxidation sites excluding steroid dienone is 1. The molecule has 0 amide bonds. The van der Waals surface area contributed by atoms with Crippen molar-refractivity contribution in [2.24, 2.45) is 0 Å². The van der Waals surface area contributed by atoms with Crippen LogP contribution in [-0.4, -0.2) is 12.8 Å². The normalized spacial score (nSPS) is 10.3. The van der Waals surface area contributed by atoms with E-state index in [0.717, 1.165) is 39.1 Å². The zero-order chi connectivity index (χ0) is 15.6. The van der Waals surface area contributed by atoms with Crippen molar-refractivity contribution < 1.29 is 4.79 Å². The van der Waals surface area contributed by atoms with Crippen LogP contribution in [0.2, 0.25) is 0 Å². The van der Waals surface area contributed by atoms with E-state index in [-0.39, 0.29) is 5.78 Å². The van der Waals surface area contributed by atoms with Crippen LogP contribution in [0.1, 0.15) is 35.3 Å². The molecule has 0 saturated heterocycles. The fourth-order valence-corrected chi connectivity index (χ4v) is 2.80. The molecule has 0 fully saturated rings. The summed E-state index contributed by atoms with van der Waals surface area (Å²) in [5, 5.41) is 3.27. The lowest BCUT2D eigenvalue weighted by molar-refractivity contribution is 0.101. The second-order valence-electron chi connectivity index (χ2n) is 5.32. The molecular weight excluding hydrogens is 258 g/mol. The van der Waals surface area contributed by atoms with Gasteiger partial charge >= 0.3 is 0 Å². The summed E-state index contributed by atoms with van der Waals surface area (Å²) in [5.41, 5.74) is 6.85. The molecule has 21 heavy (non-hydrogen) atoms. The quantitative estimate of drug-likeness (QED) is 0.803. The number of hydrogen-bond acceptors (Lipinski definition) is 2. The van der Waals surface area contributed by atoms with Crippen molar-refractivity contribution in [3.63, 3.8) is 0 Å². The molecule has 2 heteroatoms. The molecule has 108 valence electrons. The molecule has 0 spiro atoms. The van der Waals surface area contributed by atoms with Crippen molar-refractivity contribution >= 4 is 17.0 Å². The van der Waals surface area contributed by atoms with E-state index in [1.165, 1.54) is 0 Å². The number of nitrogens with one attached hydrogen (secondary N) is 1. The Morgan fingerprint density at radius 2 is 1.76 bits per heavy atom. The first-order valence-corrected chi connectivity index (χ1v) is 7.05. The fraction of sp³-hybridized carbons (Fsp3) is 0.211. The highest BCUT2D eigenvalue weighted by molar-refractivity contribution is 6.06. The summed E-state index contributed by atoms with van der Waals surface area (Å²) in [7, 11) is 1.89. The summed E-state index contributed by atoms with van der Waals surface area (Å²) >= 11 is 0. The number of Topliss-reactive ketones (excluding diaryl/α,β-unsaturated/α-hetero) is 1. The van der Waals surface area contributed by atoms with Crippen LogP contribution in [0.15, 0.2) is 43.0 Å². The standard InChI is InChI=1S/C19H21NO/c1-12(2)17-13(3)11-16(14(4)21)18(19(17)20-5)15-9-7-6-8-10-15/h6-11,20H,1H2,2-5H3. The van der Waals surface area contributed by atoms with Gasteiger partial charge in [-0.15, -0.1) is 0 Å². The molecule has 0 aliphatic rings. The number of aryl methyl sites for hydroxylation is 1. The number of carbonyl (C=O) groups is 1. The van der Waals surface area contributed by atoms with Gasteiger partial charge in [-0.2, -0.15) is 0 Å². The molecule has 0 aliphatic heterocycles. The Kier molecular flexibility index (Phi) is 4.27. The van der Waals surface area contributed by atoms with E-state index in [0.29, 0.717) is 0 Å². The third-order valence-electron chi connectivity index (χ3n) is 3.64. The molecule has 0 aromatic heterocycles. The number of rotatable bonds is 4. The Hall–Kier alpha value is -2.35. The Morgan fingerprint density at radius 1 is 1.14 bits per heavy atom. The molecule has 0 atom stereocenters. The van der Waals surface area contributed by atoms with Gasteiger partial charge in [0.2, 0.25) is 0 Å². The summed E-state index contributed by atoms with van der Waals surface area (Å²) in [6.45, 7) is 9.70. The van der Waals surface area contributed by atoms with Crippen molar-refractivity contribution in [2.45, 2.75) is 20.8 Å². The maximum absolute atomic E-state index is 12.1. The summed E-state index contributed by atoms with van der Waals surface area (Å²) in [4.78, 5) is 12.1. The van der Waals surface area contributed by atoms with E-state index in [1.807, 2.05) is 57.3 Å². The van der Waals surface area contributed by atoms with Crippen molar-refractivity contribution in [3.05, 3.63) is 59.7 Å². The first-order valence-electron chi connectivity index (χ1n) is 7.05. The van der Waals surface area contributed by atoms with E-state index in [4.69, 9.17) is 0 Å². The number of anilines is 1. The summed E-state index contributed by atoms with van der Waals surface area (Å²) < 4.78 is 0. The molecule has 2 aromatic rings. The lowest BCUT2D eigenvalue weighted by atomic mass is 9.88. The highest BCUT2D eigenvalue weighted by Gasteiger charge is 2.19. The molecule has 0 saturated carbocycles. The summed E-state index contributed by atoms with van der Waals surface area (Å²) in [5.74, 6) is 0.0710. The third-order valence-corrected chi connectivity index (χ3v) is 3.64. The van der Waals surface area contributed by atoms with Crippen LogP contribution in [-0.2, 0) is 0 Å². The van der Waals surface area contributed by atoms with Gasteiger partial charge < -0.3 is 5.32 Å². The topological polar surface area (TPSA) is 29.1 Å². The molecule has 1 N–H and O–H groups in total. The maximum atomic E-state index is 12.1. The summed E-state index contributed by atoms with van der Waals surface area (Å²) in [6.07, 6.45) is 0. The van der Waals surface area contributed by atoms with Crippen LogP contribution in [0, 0.1) is 6.92 Å². The lowest BCUT2D eigenvalue weighted by Crippen LogP contribution is -2.06. The number of benzene rings is 2. The zero-order valence-electron chi connectivity index (χ0n) is 13.1. The van der Waals surface area contributed by atoms with Gasteiger partial charge in [0.25, 0.3) is 0 Å². The monoisotopic (exact) mass is 279 g/mol. The van der Waals surface area contributed by atoms with E-state index >= 15 is 0 Å².